The van der Waals surface area contributed by atoms with Crippen molar-refractivity contribution in [3.05, 3.63) is 0 Å². The van der Waals surface area contributed by atoms with E-state index in [-0.39, 0.29) is 6.42 Å². The van der Waals surface area contributed by atoms with E-state index in [0.29, 0.717) is 18.9 Å². The average molecular weight is 256 g/mol. The third-order valence-corrected chi connectivity index (χ3v) is 3.54. The molecule has 1 atom stereocenters. The van der Waals surface area contributed by atoms with Gasteiger partial charge in [-0.05, 0) is 38.1 Å². The number of hydrogen-bond acceptors (Lipinski definition) is 3. The van der Waals surface area contributed by atoms with Gasteiger partial charge in [0.2, 0.25) is 0 Å². The van der Waals surface area contributed by atoms with Gasteiger partial charge >= 0.3 is 0 Å². The van der Waals surface area contributed by atoms with Crippen LogP contribution in [0.3, 0.4) is 0 Å². The number of hydrogen-bond donors (Lipinski definition) is 1. The second-order valence-electron chi connectivity index (χ2n) is 5.28. The third-order valence-electron chi connectivity index (χ3n) is 3.54. The van der Waals surface area contributed by atoms with Crippen LogP contribution in [0.5, 0.6) is 0 Å². The lowest BCUT2D eigenvalue weighted by atomic mass is 9.95. The molecule has 0 bridgehead atoms. The van der Waals surface area contributed by atoms with Gasteiger partial charge in [0.1, 0.15) is 0 Å². The lowest BCUT2D eigenvalue weighted by Gasteiger charge is -2.14. The van der Waals surface area contributed by atoms with E-state index in [1.54, 1.807) is 0 Å². The van der Waals surface area contributed by atoms with Gasteiger partial charge in [0.05, 0.1) is 0 Å². The molecule has 3 nitrogen and oxygen atoms in total. The van der Waals surface area contributed by atoms with E-state index in [0.717, 1.165) is 12.8 Å². The highest BCUT2D eigenvalue weighted by Gasteiger charge is 2.06. The summed E-state index contributed by atoms with van der Waals surface area (Å²) >= 11 is 0. The fourth-order valence-electron chi connectivity index (χ4n) is 2.31. The molecule has 0 aliphatic carbocycles. The van der Waals surface area contributed by atoms with Crippen molar-refractivity contribution < 1.29 is 9.90 Å². The van der Waals surface area contributed by atoms with Gasteiger partial charge in [0.25, 0.3) is 0 Å². The second-order valence-corrected chi connectivity index (χ2v) is 5.28. The summed E-state index contributed by atoms with van der Waals surface area (Å²) in [7, 11) is 0. The van der Waals surface area contributed by atoms with E-state index >= 15 is 0 Å². The summed E-state index contributed by atoms with van der Waals surface area (Å²) in [6.07, 6.45) is 12.2. The Morgan fingerprint density at radius 3 is 2.11 bits per heavy atom. The number of aliphatic carboxylic acids is 1. The van der Waals surface area contributed by atoms with Crippen molar-refractivity contribution >= 4 is 5.97 Å². The molecule has 0 aliphatic heterocycles. The van der Waals surface area contributed by atoms with Crippen LogP contribution in [-0.4, -0.2) is 12.5 Å². The van der Waals surface area contributed by atoms with Gasteiger partial charge in [-0.25, -0.2) is 0 Å². The Balaban J connectivity index is 3.35. The Morgan fingerprint density at radius 1 is 1.00 bits per heavy atom. The van der Waals surface area contributed by atoms with Crippen molar-refractivity contribution in [3.8, 4) is 0 Å². The van der Waals surface area contributed by atoms with E-state index in [2.05, 4.69) is 6.92 Å². The maximum absolute atomic E-state index is 10.3. The van der Waals surface area contributed by atoms with Crippen LogP contribution >= 0.6 is 0 Å². The first-order chi connectivity index (χ1) is 8.70. The molecule has 1 unspecified atom stereocenters. The third kappa shape index (κ3) is 11.9. The molecule has 0 saturated carbocycles. The monoisotopic (exact) mass is 256 g/mol. The van der Waals surface area contributed by atoms with Crippen LogP contribution in [0.25, 0.3) is 0 Å². The van der Waals surface area contributed by atoms with Crippen molar-refractivity contribution in [2.45, 2.75) is 77.6 Å². The van der Waals surface area contributed by atoms with Crippen LogP contribution in [0.15, 0.2) is 0 Å². The van der Waals surface area contributed by atoms with Crippen LogP contribution in [0.2, 0.25) is 0 Å². The van der Waals surface area contributed by atoms with Gasteiger partial charge in [-0.3, -0.25) is 0 Å². The molecule has 0 fully saturated rings. The smallest absolute Gasteiger partial charge is 0.0414 e. The van der Waals surface area contributed by atoms with Gasteiger partial charge in [0.15, 0.2) is 0 Å². The minimum atomic E-state index is -0.943. The van der Waals surface area contributed by atoms with Crippen molar-refractivity contribution in [3.63, 3.8) is 0 Å². The number of carbonyl (C=O) groups is 1. The van der Waals surface area contributed by atoms with Crippen LogP contribution in [0.1, 0.15) is 77.6 Å². The molecule has 0 saturated heterocycles. The minimum absolute atomic E-state index is 0.174. The first kappa shape index (κ1) is 17.4. The van der Waals surface area contributed by atoms with Crippen molar-refractivity contribution in [2.75, 3.05) is 6.54 Å². The summed E-state index contributed by atoms with van der Waals surface area (Å²) in [5.74, 6) is -0.443. The van der Waals surface area contributed by atoms with Crippen molar-refractivity contribution in [1.82, 2.24) is 0 Å². The van der Waals surface area contributed by atoms with Crippen LogP contribution in [0, 0.1) is 5.92 Å². The van der Waals surface area contributed by atoms with Gasteiger partial charge in [-0.15, -0.1) is 0 Å². The lowest BCUT2D eigenvalue weighted by Crippen LogP contribution is -2.22. The molecule has 0 aliphatic rings. The summed E-state index contributed by atoms with van der Waals surface area (Å²) in [4.78, 5) is 10.3. The largest absolute Gasteiger partial charge is 0.550 e. The Morgan fingerprint density at radius 2 is 1.56 bits per heavy atom. The summed E-state index contributed by atoms with van der Waals surface area (Å²) < 4.78 is 0. The lowest BCUT2D eigenvalue weighted by molar-refractivity contribution is -0.305. The van der Waals surface area contributed by atoms with E-state index in [4.69, 9.17) is 5.73 Å². The summed E-state index contributed by atoms with van der Waals surface area (Å²) in [5.41, 5.74) is 5.71. The molecule has 2 N–H and O–H groups in total. The molecule has 0 aromatic heterocycles. The fraction of sp³-hybridized carbons (Fsp3) is 0.933. The number of unbranched alkanes of at least 4 members (excludes halogenated alkanes) is 6. The SMILES string of the molecule is CCCCCCCCCC(CN)CCCC(=O)[O-]. The highest BCUT2D eigenvalue weighted by atomic mass is 16.4. The van der Waals surface area contributed by atoms with Crippen LogP contribution in [0.4, 0.5) is 0 Å². The molecule has 3 heteroatoms. The molecule has 0 rings (SSSR count). The highest BCUT2D eigenvalue weighted by Crippen LogP contribution is 2.16. The van der Waals surface area contributed by atoms with Gasteiger partial charge in [-0.1, -0.05) is 51.9 Å². The summed E-state index contributed by atoms with van der Waals surface area (Å²) in [6, 6.07) is 0. The summed E-state index contributed by atoms with van der Waals surface area (Å²) in [6.45, 7) is 2.92. The molecule has 0 spiro atoms. The Hall–Kier alpha value is -0.570. The zero-order chi connectivity index (χ0) is 13.6. The number of carboxylic acids is 1. The van der Waals surface area contributed by atoms with E-state index in [1.165, 1.54) is 44.9 Å². The normalized spacial score (nSPS) is 12.6. The zero-order valence-electron chi connectivity index (χ0n) is 12.0. The first-order valence-electron chi connectivity index (χ1n) is 7.60. The molecular formula is C15H30NO2-. The van der Waals surface area contributed by atoms with E-state index in [9.17, 15) is 9.90 Å². The molecule has 0 aromatic carbocycles. The molecule has 0 heterocycles. The quantitative estimate of drug-likeness (QED) is 0.515. The number of rotatable bonds is 13. The number of carbonyl (C=O) groups excluding carboxylic acids is 1. The maximum atomic E-state index is 10.3. The maximum Gasteiger partial charge on any atom is 0.0414 e. The Kier molecular flexibility index (Phi) is 12.5. The van der Waals surface area contributed by atoms with Crippen LogP contribution < -0.4 is 10.8 Å². The standard InChI is InChI=1S/C15H31NO2/c1-2-3-4-5-6-7-8-10-14(13-16)11-9-12-15(17)18/h14H,2-13,16H2,1H3,(H,17,18)/p-1. The zero-order valence-corrected chi connectivity index (χ0v) is 12.0. The molecule has 18 heavy (non-hydrogen) atoms. The average Bonchev–Trinajstić information content (AvgIpc) is 2.35. The molecule has 0 radical (unpaired) electrons. The molecule has 0 amide bonds. The second kappa shape index (κ2) is 12.9. The van der Waals surface area contributed by atoms with Gasteiger partial charge < -0.3 is 15.6 Å². The predicted octanol–water partition coefficient (Wildman–Crippen LogP) is 2.62. The van der Waals surface area contributed by atoms with Gasteiger partial charge in [-0.2, -0.15) is 0 Å². The number of nitrogens with two attached hydrogens (primary N) is 1. The van der Waals surface area contributed by atoms with Crippen molar-refractivity contribution in [2.24, 2.45) is 11.7 Å². The predicted molar refractivity (Wildman–Crippen MR) is 74.0 cm³/mol. The topological polar surface area (TPSA) is 66.2 Å². The number of carboxylic acid groups (broad SMARTS) is 1. The van der Waals surface area contributed by atoms with E-state index < -0.39 is 5.97 Å². The molecule has 0 aromatic rings. The van der Waals surface area contributed by atoms with E-state index in [1.807, 2.05) is 0 Å². The summed E-state index contributed by atoms with van der Waals surface area (Å²) in [5, 5.41) is 10.3. The molecular weight excluding hydrogens is 226 g/mol. The van der Waals surface area contributed by atoms with Crippen LogP contribution in [-0.2, 0) is 4.79 Å². The Labute approximate surface area is 112 Å². The van der Waals surface area contributed by atoms with Crippen molar-refractivity contribution in [1.29, 1.82) is 0 Å². The highest BCUT2D eigenvalue weighted by molar-refractivity contribution is 5.64. The minimum Gasteiger partial charge on any atom is -0.550 e. The Bertz CT molecular complexity index is 195. The van der Waals surface area contributed by atoms with Gasteiger partial charge in [0, 0.05) is 5.97 Å². The molecule has 108 valence electrons. The first-order valence-corrected chi connectivity index (χ1v) is 7.60. The fourth-order valence-corrected chi connectivity index (χ4v) is 2.31.